The molecule has 30 nitrogen and oxygen atoms in total. The van der Waals surface area contributed by atoms with Gasteiger partial charge in [-0.25, -0.2) is 39.6 Å². The first-order valence-corrected chi connectivity index (χ1v) is 43.1. The lowest BCUT2D eigenvalue weighted by atomic mass is 10.0. The molecule has 12 rings (SSSR count). The van der Waals surface area contributed by atoms with Crippen LogP contribution in [0, 0.1) is 35.5 Å². The molecular weight excluding hydrogens is 1530 g/mol. The van der Waals surface area contributed by atoms with Crippen LogP contribution in [0.1, 0.15) is 77.5 Å². The third-order valence-corrected chi connectivity index (χ3v) is 25.9. The molecule has 114 heavy (non-hydrogen) atoms. The van der Waals surface area contributed by atoms with Gasteiger partial charge < -0.3 is 91.1 Å². The number of sulfonamides is 3. The Morgan fingerprint density at radius 3 is 0.842 bits per heavy atom. The highest BCUT2D eigenvalue weighted by molar-refractivity contribution is 7.89. The Morgan fingerprint density at radius 1 is 0.377 bits per heavy atom. The van der Waals surface area contributed by atoms with Gasteiger partial charge in [0.1, 0.15) is 18.3 Å². The fraction of sp³-hybridized carbons (Fsp3) is 0.519. The number of rotatable bonds is 33. The molecule has 6 aromatic carbocycles. The van der Waals surface area contributed by atoms with Gasteiger partial charge in [0.2, 0.25) is 30.1 Å². The Balaban J connectivity index is 0.000000181. The van der Waals surface area contributed by atoms with E-state index in [4.69, 9.17) is 59.8 Å². The SMILES string of the molecule is CC(C)CN(C[C@@H](O)[C@@H](Cc1ccccc1)NC(=O)OC1CO[C@H]2OCCC12)S(=O)(=O)c1ccc(N)cc1.CC(C)CN(C[C@H](O)[C@@H](Cc1ccccc1)NC(=O)OC1CO[C@H]2OCCC12)S(=O)(=O)c1ccc(N)cc1.CC(C)CN(C[C@H](O)[C@H](Cc1ccccc1)NC(=O)OC1CO[C@H]2OCCC12)S(=O)(=O)c1ccc(N)cc1. The highest BCUT2D eigenvalue weighted by atomic mass is 32.2. The number of hydrogen-bond acceptors (Lipinski definition) is 24. The van der Waals surface area contributed by atoms with Crippen LogP contribution in [0.15, 0.2) is 178 Å². The quantitative estimate of drug-likeness (QED) is 0.0146. The predicted octanol–water partition coefficient (Wildman–Crippen LogP) is 7.13. The number of anilines is 3. The Bertz CT molecular complexity index is 3920. The number of alkyl carbamates (subject to hydrolysis) is 3. The van der Waals surface area contributed by atoms with Crippen LogP contribution in [0.5, 0.6) is 0 Å². The van der Waals surface area contributed by atoms with Crippen LogP contribution in [-0.4, -0.2) is 224 Å². The summed E-state index contributed by atoms with van der Waals surface area (Å²) in [5.74, 6) is -0.0694. The monoisotopic (exact) mass is 1640 g/mol. The molecule has 0 saturated carbocycles. The van der Waals surface area contributed by atoms with Crippen LogP contribution in [0.4, 0.5) is 31.4 Å². The second kappa shape index (κ2) is 41.1. The van der Waals surface area contributed by atoms with Crippen molar-refractivity contribution in [3.8, 4) is 0 Å². The molecule has 6 fully saturated rings. The number of aliphatic hydroxyl groups is 3. The molecule has 3 amide bonds. The third kappa shape index (κ3) is 24.7. The number of benzene rings is 6. The van der Waals surface area contributed by atoms with Crippen molar-refractivity contribution in [2.24, 2.45) is 35.5 Å². The molecule has 6 heterocycles. The van der Waals surface area contributed by atoms with Gasteiger partial charge in [-0.05, 0) is 146 Å². The zero-order valence-corrected chi connectivity index (χ0v) is 67.6. The van der Waals surface area contributed by atoms with Gasteiger partial charge in [0, 0.05) is 56.3 Å². The van der Waals surface area contributed by atoms with Gasteiger partial charge in [0.25, 0.3) is 0 Å². The highest BCUT2D eigenvalue weighted by Gasteiger charge is 2.47. The van der Waals surface area contributed by atoms with Crippen molar-refractivity contribution >= 4 is 65.4 Å². The Morgan fingerprint density at radius 2 is 0.614 bits per heavy atom. The molecule has 6 unspecified atom stereocenters. The molecule has 12 N–H and O–H groups in total. The first-order chi connectivity index (χ1) is 54.4. The number of nitrogens with zero attached hydrogens (tertiary/aromatic N) is 3. The van der Waals surface area contributed by atoms with E-state index in [0.717, 1.165) is 36.0 Å². The van der Waals surface area contributed by atoms with Crippen molar-refractivity contribution in [2.45, 2.75) is 168 Å². The fourth-order valence-electron chi connectivity index (χ4n) is 14.5. The topological polar surface area (TPSA) is 421 Å². The van der Waals surface area contributed by atoms with E-state index in [-0.39, 0.29) is 147 Å². The number of nitrogen functional groups attached to an aromatic ring is 3. The van der Waals surface area contributed by atoms with E-state index in [9.17, 15) is 55.0 Å². The van der Waals surface area contributed by atoms with Crippen molar-refractivity contribution in [3.63, 3.8) is 0 Å². The van der Waals surface area contributed by atoms with Crippen molar-refractivity contribution in [1.29, 1.82) is 0 Å². The lowest BCUT2D eigenvalue weighted by Gasteiger charge is -2.31. The minimum absolute atomic E-state index is 0.000183. The zero-order valence-electron chi connectivity index (χ0n) is 65.2. The summed E-state index contributed by atoms with van der Waals surface area (Å²) in [6, 6.07) is 43.6. The summed E-state index contributed by atoms with van der Waals surface area (Å²) in [6.45, 7) is 13.7. The summed E-state index contributed by atoms with van der Waals surface area (Å²) in [7, 11) is -11.8. The lowest BCUT2D eigenvalue weighted by Crippen LogP contribution is -2.51. The molecule has 6 saturated heterocycles. The van der Waals surface area contributed by atoms with Gasteiger partial charge in [-0.15, -0.1) is 0 Å². The van der Waals surface area contributed by atoms with Crippen LogP contribution in [0.3, 0.4) is 0 Å². The molecule has 0 bridgehead atoms. The number of nitrogens with two attached hydrogens (primary N) is 3. The number of hydrogen-bond donors (Lipinski definition) is 9. The average molecular weight is 1640 g/mol. The van der Waals surface area contributed by atoms with E-state index in [2.05, 4.69) is 16.0 Å². The minimum Gasteiger partial charge on any atom is -0.443 e. The van der Waals surface area contributed by atoms with E-state index in [0.29, 0.717) is 36.9 Å². The molecule has 15 atom stereocenters. The van der Waals surface area contributed by atoms with Crippen molar-refractivity contribution < 1.29 is 97.6 Å². The largest absolute Gasteiger partial charge is 0.443 e. The maximum absolute atomic E-state index is 13.5. The number of nitrogens with one attached hydrogen (secondary N) is 3. The highest BCUT2D eigenvalue weighted by Crippen LogP contribution is 2.36. The lowest BCUT2D eigenvalue weighted by molar-refractivity contribution is -0.0909. The predicted molar refractivity (Wildman–Crippen MR) is 425 cm³/mol. The number of amides is 3. The average Bonchev–Trinajstić information content (AvgIpc) is 1.18. The number of fused-ring (bicyclic) bond motifs is 3. The van der Waals surface area contributed by atoms with Gasteiger partial charge in [-0.3, -0.25) is 0 Å². The molecule has 6 aromatic rings. The second-order valence-electron chi connectivity index (χ2n) is 30.8. The van der Waals surface area contributed by atoms with Gasteiger partial charge in [-0.1, -0.05) is 133 Å². The summed E-state index contributed by atoms with van der Waals surface area (Å²) in [5.41, 5.74) is 21.2. The van der Waals surface area contributed by atoms with Gasteiger partial charge in [0.15, 0.2) is 18.9 Å². The first kappa shape index (κ1) is 88.3. The van der Waals surface area contributed by atoms with Crippen molar-refractivity contribution in [3.05, 3.63) is 180 Å². The summed E-state index contributed by atoms with van der Waals surface area (Å²) < 4.78 is 135. The summed E-state index contributed by atoms with van der Waals surface area (Å²) in [4.78, 5) is 39.0. The molecule has 0 aromatic heterocycles. The molecule has 6 aliphatic heterocycles. The molecule has 33 heteroatoms. The van der Waals surface area contributed by atoms with E-state index < -0.39 is 103 Å². The Kier molecular flexibility index (Phi) is 31.9. The van der Waals surface area contributed by atoms with E-state index in [1.54, 1.807) is 0 Å². The van der Waals surface area contributed by atoms with Gasteiger partial charge in [-0.2, -0.15) is 12.9 Å². The molecule has 6 aliphatic rings. The maximum Gasteiger partial charge on any atom is 0.407 e. The molecular formula is C81H111N9O21S3. The fourth-order valence-corrected chi connectivity index (χ4v) is 19.3. The van der Waals surface area contributed by atoms with E-state index in [1.165, 1.54) is 85.7 Å². The zero-order chi connectivity index (χ0) is 81.9. The number of carbonyl (C=O) groups excluding carboxylic acids is 3. The van der Waals surface area contributed by atoms with Crippen LogP contribution in [0.25, 0.3) is 0 Å². The number of aliphatic hydroxyl groups excluding tert-OH is 3. The standard InChI is InChI=1S/3C27H37N3O7S/c3*1-18(2)15-30(38(33,34)21-10-8-20(28)9-11-21)16-24(31)23(14-19-6-4-3-5-7-19)29-27(32)37-25-17-36-26-22(25)12-13-35-26/h3*3-11,18,22-26,31H,12-17,28H2,1-2H3,(H,29,32)/t22?,23-,24+,25?,26-;22?,23-,24-,25?,26+;22?,23-,24-,25?,26-/m101/s1. The Labute approximate surface area is 668 Å². The molecule has 0 radical (unpaired) electrons. The summed E-state index contributed by atoms with van der Waals surface area (Å²) in [6.07, 6.45) is -5.06. The van der Waals surface area contributed by atoms with Crippen molar-refractivity contribution in [2.75, 3.05) is 96.1 Å². The molecule has 0 aliphatic carbocycles. The Hall–Kier alpha value is -8.10. The van der Waals surface area contributed by atoms with E-state index >= 15 is 0 Å². The number of ether oxygens (including phenoxy) is 9. The van der Waals surface area contributed by atoms with Gasteiger partial charge in [0.05, 0.1) is 109 Å². The third-order valence-electron chi connectivity index (χ3n) is 20.4. The molecule has 0 spiro atoms. The first-order valence-electron chi connectivity index (χ1n) is 38.7. The number of carbonyl (C=O) groups is 3. The van der Waals surface area contributed by atoms with E-state index in [1.807, 2.05) is 133 Å². The van der Waals surface area contributed by atoms with Crippen LogP contribution >= 0.6 is 0 Å². The smallest absolute Gasteiger partial charge is 0.407 e. The van der Waals surface area contributed by atoms with Crippen LogP contribution in [-0.2, 0) is 92.0 Å². The second-order valence-corrected chi connectivity index (χ2v) is 36.6. The summed E-state index contributed by atoms with van der Waals surface area (Å²) in [5, 5.41) is 42.3. The van der Waals surface area contributed by atoms with Gasteiger partial charge >= 0.3 is 18.3 Å². The van der Waals surface area contributed by atoms with Crippen LogP contribution in [0.2, 0.25) is 0 Å². The molecule has 624 valence electrons. The summed E-state index contributed by atoms with van der Waals surface area (Å²) >= 11 is 0. The maximum atomic E-state index is 13.5. The normalized spacial score (nSPS) is 22.8. The minimum atomic E-state index is -3.93. The van der Waals surface area contributed by atoms with Crippen LogP contribution < -0.4 is 33.2 Å². The van der Waals surface area contributed by atoms with Crippen molar-refractivity contribution in [1.82, 2.24) is 28.9 Å².